The van der Waals surface area contributed by atoms with E-state index in [1.54, 1.807) is 24.3 Å². The monoisotopic (exact) mass is 919 g/mol. The first kappa shape index (κ1) is 47.3. The molecule has 0 aliphatic carbocycles. The Bertz CT molecular complexity index is 2490. The summed E-state index contributed by atoms with van der Waals surface area (Å²) in [7, 11) is 0. The molecule has 3 nitrogen and oxygen atoms in total. The lowest BCUT2D eigenvalue weighted by Crippen LogP contribution is -2.81. The van der Waals surface area contributed by atoms with E-state index in [9.17, 15) is 62.3 Å². The van der Waals surface area contributed by atoms with Gasteiger partial charge in [0.2, 0.25) is 12.3 Å². The molecule has 6 rings (SSSR count). The highest BCUT2D eigenvalue weighted by atomic mass is 19.2. The number of halogens is 20. The summed E-state index contributed by atoms with van der Waals surface area (Å²) in [4.78, 5) is 23.3. The normalized spacial score (nSPS) is 11.4. The van der Waals surface area contributed by atoms with Crippen molar-refractivity contribution in [2.75, 3.05) is 0 Å². The van der Waals surface area contributed by atoms with Crippen molar-refractivity contribution in [1.82, 2.24) is 0 Å². The van der Waals surface area contributed by atoms with Crippen LogP contribution in [0.2, 0.25) is 0 Å². The lowest BCUT2D eigenvalue weighted by Gasteiger charge is -2.44. The fraction of sp³-hybridized carbons (Fsp3) is 0.0513. The van der Waals surface area contributed by atoms with Crippen molar-refractivity contribution in [3.8, 4) is 0 Å². The van der Waals surface area contributed by atoms with Gasteiger partial charge in [0.05, 0.1) is 0 Å². The minimum atomic E-state index is -7.22. The number of rotatable bonds is 8. The van der Waals surface area contributed by atoms with Crippen LogP contribution in [0.4, 0.5) is 87.8 Å². The molecule has 5 aromatic carbocycles. The van der Waals surface area contributed by atoms with Gasteiger partial charge >= 0.3 is 0 Å². The van der Waals surface area contributed by atoms with E-state index in [-0.39, 0.29) is 18.1 Å². The number of carbonyl (C=O) groups is 2. The molecule has 0 spiro atoms. The Morgan fingerprint density at radius 1 is 0.381 bits per heavy atom. The Hall–Kier alpha value is -6.75. The summed E-state index contributed by atoms with van der Waals surface area (Å²) in [6, 6.07) is 12.5. The van der Waals surface area contributed by atoms with E-state index in [2.05, 4.69) is 0 Å². The van der Waals surface area contributed by atoms with Gasteiger partial charge in [0.15, 0.2) is 88.0 Å². The zero-order chi connectivity index (χ0) is 47.3. The third-order valence-corrected chi connectivity index (χ3v) is 9.40. The van der Waals surface area contributed by atoms with Crippen molar-refractivity contribution in [2.24, 2.45) is 0 Å². The van der Waals surface area contributed by atoms with E-state index >= 15 is 35.1 Å². The topological polar surface area (TPSA) is 38.0 Å². The maximum atomic E-state index is 15.4. The van der Waals surface area contributed by atoms with Gasteiger partial charge in [-0.3, -0.25) is 9.59 Å². The molecule has 0 bridgehead atoms. The van der Waals surface area contributed by atoms with E-state index in [1.165, 1.54) is 6.92 Å². The number of benzene rings is 5. The Balaban J connectivity index is 0.000000345. The summed E-state index contributed by atoms with van der Waals surface area (Å²) < 4.78 is 296. The number of carbonyl (C=O) groups excluding carboxylic acids is 2. The minimum absolute atomic E-state index is 0.00528. The molecule has 63 heavy (non-hydrogen) atoms. The van der Waals surface area contributed by atoms with E-state index in [1.807, 2.05) is 35.2 Å². The van der Waals surface area contributed by atoms with Gasteiger partial charge in [0, 0.05) is 23.3 Å². The third kappa shape index (κ3) is 7.64. The fourth-order valence-corrected chi connectivity index (χ4v) is 6.58. The molecule has 330 valence electrons. The molecule has 0 saturated carbocycles. The van der Waals surface area contributed by atoms with Crippen LogP contribution in [-0.2, 0) is 6.54 Å². The van der Waals surface area contributed by atoms with Crippen LogP contribution >= 0.6 is 0 Å². The molecule has 0 aliphatic rings. The molecule has 0 atom stereocenters. The van der Waals surface area contributed by atoms with Crippen molar-refractivity contribution in [3.05, 3.63) is 182 Å². The van der Waals surface area contributed by atoms with Crippen molar-refractivity contribution >= 4 is 39.6 Å². The van der Waals surface area contributed by atoms with Crippen molar-refractivity contribution in [3.63, 3.8) is 0 Å². The van der Waals surface area contributed by atoms with Crippen LogP contribution in [0, 0.1) is 116 Å². The Morgan fingerprint density at radius 2 is 0.635 bits per heavy atom. The summed E-state index contributed by atoms with van der Waals surface area (Å²) in [6.07, 6.45) is -3.54. The molecule has 0 amide bonds. The molecule has 0 radical (unpaired) electrons. The van der Waals surface area contributed by atoms with Gasteiger partial charge in [-0.2, -0.15) is 4.57 Å². The van der Waals surface area contributed by atoms with E-state index in [0.717, 1.165) is 0 Å². The lowest BCUT2D eigenvalue weighted by molar-refractivity contribution is -0.683. The highest BCUT2D eigenvalue weighted by Crippen LogP contribution is 2.30. The van der Waals surface area contributed by atoms with Crippen LogP contribution in [0.15, 0.2) is 54.9 Å². The van der Waals surface area contributed by atoms with Gasteiger partial charge in [-0.1, -0.05) is 24.3 Å². The zero-order valence-corrected chi connectivity index (χ0v) is 30.3. The van der Waals surface area contributed by atoms with E-state index in [0.29, 0.717) is 11.1 Å². The smallest absolute Gasteiger partial charge is 0.227 e. The predicted molar refractivity (Wildman–Crippen MR) is 177 cm³/mol. The number of hydrogen-bond donors (Lipinski definition) is 0. The number of nitrogens with zero attached hydrogens (tertiary/aromatic N) is 1. The molecule has 0 unspecified atom stereocenters. The molecule has 0 aliphatic heterocycles. The highest BCUT2D eigenvalue weighted by Gasteiger charge is 2.52. The largest absolute Gasteiger partial charge is 0.295 e. The number of Topliss-reactive ketones (excluding diaryl/α,β-unsaturated/α-hetero) is 2. The third-order valence-electron chi connectivity index (χ3n) is 9.40. The van der Waals surface area contributed by atoms with Gasteiger partial charge in [0.1, 0.15) is 52.7 Å². The lowest BCUT2D eigenvalue weighted by atomic mass is 9.12. The first-order valence-corrected chi connectivity index (χ1v) is 16.7. The highest BCUT2D eigenvalue weighted by molar-refractivity contribution is 7.20. The Morgan fingerprint density at radius 3 is 0.905 bits per heavy atom. The molecule has 0 saturated heterocycles. The first-order valence-electron chi connectivity index (χ1n) is 16.7. The molecule has 6 aromatic rings. The number of pyridine rings is 1. The Kier molecular flexibility index (Phi) is 13.2. The molecule has 0 N–H and O–H groups in total. The second-order valence-electron chi connectivity index (χ2n) is 12.9. The second-order valence-corrected chi connectivity index (χ2v) is 12.9. The molecular weight excluding hydrogens is 905 g/mol. The van der Waals surface area contributed by atoms with Crippen LogP contribution < -0.4 is 26.4 Å². The second kappa shape index (κ2) is 17.6. The summed E-state index contributed by atoms with van der Waals surface area (Å²) in [5.41, 5.74) is -13.2. The van der Waals surface area contributed by atoms with Crippen molar-refractivity contribution < 1.29 is 102 Å². The van der Waals surface area contributed by atoms with Crippen molar-refractivity contribution in [1.29, 1.82) is 0 Å². The predicted octanol–water partition coefficient (Wildman–Crippen LogP) is 7.91. The van der Waals surface area contributed by atoms with Gasteiger partial charge in [-0.15, -0.1) is 21.9 Å². The standard InChI is InChI=1S/C24BF20.C15H14NO2/c26-5-1(6(27)14(35)21(42)13(5)34)25(2-7(28)15(36)22(43)16(37)8(2)29,3-9(30)17(38)23(44)18(39)10(3)31)4-11(32)19(40)24(45)20(41)12(4)33;1-12(17)13-6-5-7-14(10-13)15(18)11-16-8-3-2-4-9-16/h;2-10H,11H2,1H3/q-1;+1. The van der Waals surface area contributed by atoms with E-state index < -0.39 is 144 Å². The van der Waals surface area contributed by atoms with Gasteiger partial charge in [-0.05, 0) is 13.0 Å². The summed E-state index contributed by atoms with van der Waals surface area (Å²) in [6.45, 7) is 1.78. The minimum Gasteiger partial charge on any atom is -0.295 e. The number of aromatic nitrogens is 1. The fourth-order valence-electron chi connectivity index (χ4n) is 6.58. The average molecular weight is 919 g/mol. The van der Waals surface area contributed by atoms with Gasteiger partial charge in [-0.25, -0.2) is 87.8 Å². The molecule has 0 fully saturated rings. The van der Waals surface area contributed by atoms with Crippen LogP contribution in [0.5, 0.6) is 0 Å². The van der Waals surface area contributed by atoms with Crippen LogP contribution in [0.3, 0.4) is 0 Å². The zero-order valence-electron chi connectivity index (χ0n) is 30.3. The molecule has 24 heteroatoms. The first-order chi connectivity index (χ1) is 29.4. The van der Waals surface area contributed by atoms with Gasteiger partial charge in [0.25, 0.3) is 0 Å². The molecular formula is C39H14BF20NO2. The van der Waals surface area contributed by atoms with E-state index in [4.69, 9.17) is 0 Å². The quantitative estimate of drug-likeness (QED) is 0.0389. The van der Waals surface area contributed by atoms with Gasteiger partial charge < -0.3 is 0 Å². The van der Waals surface area contributed by atoms with Crippen LogP contribution in [0.25, 0.3) is 0 Å². The molecule has 1 heterocycles. The number of hydrogen-bond acceptors (Lipinski definition) is 2. The summed E-state index contributed by atoms with van der Waals surface area (Å²) >= 11 is 0. The average Bonchev–Trinajstić information content (AvgIpc) is 3.26. The van der Waals surface area contributed by atoms with Crippen molar-refractivity contribution in [2.45, 2.75) is 13.5 Å². The number of ketones is 2. The molecule has 1 aromatic heterocycles. The maximum Gasteiger partial charge on any atom is 0.227 e. The van der Waals surface area contributed by atoms with Crippen LogP contribution in [0.1, 0.15) is 27.6 Å². The SMILES string of the molecule is CC(=O)c1cccc(C(=O)C[n+]2ccccc2)c1.Fc1c(F)c(F)c([B-](c2c(F)c(F)c(F)c(F)c2F)(c2c(F)c(F)c(F)c(F)c2F)c2c(F)c(F)c(F)c(F)c2F)c(F)c1F. The maximum absolute atomic E-state index is 15.4. The summed E-state index contributed by atoms with van der Waals surface area (Å²) in [5, 5.41) is 0. The summed E-state index contributed by atoms with van der Waals surface area (Å²) in [5.74, 6) is -71.4. The Labute approximate surface area is 337 Å². The van der Waals surface area contributed by atoms with Crippen LogP contribution in [-0.4, -0.2) is 17.7 Å².